The molecule has 0 aromatic rings. The first-order chi connectivity index (χ1) is 5.61. The molecule has 66 valence electrons. The van der Waals surface area contributed by atoms with Crippen molar-refractivity contribution < 1.29 is 9.59 Å². The normalized spacial score (nSPS) is 11.8. The quantitative estimate of drug-likeness (QED) is 0.533. The minimum absolute atomic E-state index is 0.0136. The highest BCUT2D eigenvalue weighted by Gasteiger charge is 2.10. The maximum atomic E-state index is 11.0. The van der Waals surface area contributed by atoms with E-state index in [9.17, 15) is 9.59 Å². The molecule has 0 rings (SSSR count). The molecule has 0 saturated carbocycles. The Morgan fingerprint density at radius 1 is 1.50 bits per heavy atom. The van der Waals surface area contributed by atoms with Crippen molar-refractivity contribution in [2.24, 2.45) is 5.92 Å². The highest BCUT2D eigenvalue weighted by atomic mass is 16.2. The zero-order chi connectivity index (χ0) is 9.56. The smallest absolute Gasteiger partial charge is 0.239 e. The number of likely N-dealkylation sites (N-methyl/N-ethyl adjacent to an activating group) is 1. The topological polar surface area (TPSA) is 58.2 Å². The average molecular weight is 168 g/mol. The summed E-state index contributed by atoms with van der Waals surface area (Å²) in [4.78, 5) is 21.7. The molecular formula is C7H13BN2O2. The van der Waals surface area contributed by atoms with Crippen LogP contribution in [0, 0.1) is 5.92 Å². The summed E-state index contributed by atoms with van der Waals surface area (Å²) in [5, 5.41) is 4.85. The van der Waals surface area contributed by atoms with Gasteiger partial charge in [-0.2, -0.15) is 0 Å². The van der Waals surface area contributed by atoms with E-state index in [0.29, 0.717) is 6.32 Å². The fourth-order valence-electron chi connectivity index (χ4n) is 0.537. The molecule has 4 nitrogen and oxygen atoms in total. The molecule has 1 unspecified atom stereocenters. The van der Waals surface area contributed by atoms with Crippen LogP contribution in [0.2, 0.25) is 6.32 Å². The molecule has 0 aromatic carbocycles. The molecule has 0 fully saturated rings. The van der Waals surface area contributed by atoms with Gasteiger partial charge in [0.15, 0.2) is 0 Å². The van der Waals surface area contributed by atoms with Crippen molar-refractivity contribution in [2.45, 2.75) is 13.2 Å². The van der Waals surface area contributed by atoms with Crippen LogP contribution in [0.4, 0.5) is 0 Å². The van der Waals surface area contributed by atoms with Gasteiger partial charge in [0.2, 0.25) is 11.8 Å². The third kappa shape index (κ3) is 4.00. The van der Waals surface area contributed by atoms with E-state index in [-0.39, 0.29) is 24.3 Å². The predicted molar refractivity (Wildman–Crippen MR) is 46.8 cm³/mol. The van der Waals surface area contributed by atoms with Gasteiger partial charge in [-0.3, -0.25) is 9.59 Å². The molecule has 2 N–H and O–H groups in total. The zero-order valence-electron chi connectivity index (χ0n) is 7.39. The van der Waals surface area contributed by atoms with Crippen LogP contribution in [-0.4, -0.2) is 33.3 Å². The number of hydrogen-bond donors (Lipinski definition) is 2. The Balaban J connectivity index is 3.64. The van der Waals surface area contributed by atoms with E-state index in [4.69, 9.17) is 7.85 Å². The van der Waals surface area contributed by atoms with Crippen molar-refractivity contribution >= 4 is 19.7 Å². The summed E-state index contributed by atoms with van der Waals surface area (Å²) in [5.74, 6) is -0.650. The second-order valence-corrected chi connectivity index (χ2v) is 2.53. The van der Waals surface area contributed by atoms with E-state index >= 15 is 0 Å². The number of carbonyl (C=O) groups is 2. The van der Waals surface area contributed by atoms with Gasteiger partial charge in [0.05, 0.1) is 14.4 Å². The Labute approximate surface area is 73.5 Å². The monoisotopic (exact) mass is 168 g/mol. The molecule has 0 aliphatic heterocycles. The van der Waals surface area contributed by atoms with E-state index in [1.54, 1.807) is 6.92 Å². The Kier molecular flexibility index (Phi) is 5.16. The van der Waals surface area contributed by atoms with Crippen molar-refractivity contribution in [3.63, 3.8) is 0 Å². The lowest BCUT2D eigenvalue weighted by molar-refractivity contribution is -0.127. The number of rotatable bonds is 4. The summed E-state index contributed by atoms with van der Waals surface area (Å²) in [6, 6.07) is 0. The maximum absolute atomic E-state index is 11.0. The molecule has 2 amide bonds. The van der Waals surface area contributed by atoms with Crippen LogP contribution >= 0.6 is 0 Å². The van der Waals surface area contributed by atoms with Gasteiger partial charge in [0.25, 0.3) is 0 Å². The van der Waals surface area contributed by atoms with E-state index in [0.717, 1.165) is 0 Å². The first-order valence-corrected chi connectivity index (χ1v) is 3.80. The SMILES string of the molecule is [B]CC(C)C(=O)NCC(=O)NC. The van der Waals surface area contributed by atoms with Gasteiger partial charge in [0.1, 0.15) is 0 Å². The Hall–Kier alpha value is -0.995. The highest BCUT2D eigenvalue weighted by molar-refractivity contribution is 6.10. The van der Waals surface area contributed by atoms with Crippen LogP contribution in [0.15, 0.2) is 0 Å². The van der Waals surface area contributed by atoms with Crippen molar-refractivity contribution in [1.29, 1.82) is 0 Å². The summed E-state index contributed by atoms with van der Waals surface area (Å²) in [5.41, 5.74) is 0. The molecule has 0 bridgehead atoms. The fraction of sp³-hybridized carbons (Fsp3) is 0.714. The number of carbonyl (C=O) groups excluding carboxylic acids is 2. The van der Waals surface area contributed by atoms with E-state index in [1.165, 1.54) is 7.05 Å². The molecule has 0 spiro atoms. The average Bonchev–Trinajstić information content (AvgIpc) is 2.11. The first-order valence-electron chi connectivity index (χ1n) is 3.80. The third-order valence-electron chi connectivity index (χ3n) is 1.50. The number of amides is 2. The molecule has 0 saturated heterocycles. The first kappa shape index (κ1) is 11.0. The van der Waals surface area contributed by atoms with Gasteiger partial charge in [-0.15, -0.1) is 0 Å². The van der Waals surface area contributed by atoms with Crippen LogP contribution in [0.25, 0.3) is 0 Å². The van der Waals surface area contributed by atoms with Crippen LogP contribution < -0.4 is 10.6 Å². The predicted octanol–water partition coefficient (Wildman–Crippen LogP) is -0.928. The maximum Gasteiger partial charge on any atom is 0.239 e. The molecule has 12 heavy (non-hydrogen) atoms. The Morgan fingerprint density at radius 2 is 2.08 bits per heavy atom. The van der Waals surface area contributed by atoms with Crippen molar-refractivity contribution in [3.05, 3.63) is 0 Å². The van der Waals surface area contributed by atoms with Crippen LogP contribution in [0.1, 0.15) is 6.92 Å². The van der Waals surface area contributed by atoms with Gasteiger partial charge in [-0.05, 0) is 0 Å². The van der Waals surface area contributed by atoms with E-state index in [2.05, 4.69) is 10.6 Å². The second-order valence-electron chi connectivity index (χ2n) is 2.53. The van der Waals surface area contributed by atoms with Gasteiger partial charge in [-0.25, -0.2) is 0 Å². The molecule has 0 heterocycles. The zero-order valence-corrected chi connectivity index (χ0v) is 7.39. The number of hydrogen-bond acceptors (Lipinski definition) is 2. The molecule has 5 heteroatoms. The molecular weight excluding hydrogens is 155 g/mol. The minimum atomic E-state index is -0.241. The van der Waals surface area contributed by atoms with Crippen LogP contribution in [-0.2, 0) is 9.59 Å². The van der Waals surface area contributed by atoms with Gasteiger partial charge >= 0.3 is 0 Å². The van der Waals surface area contributed by atoms with E-state index in [1.807, 2.05) is 0 Å². The molecule has 0 aromatic heterocycles. The summed E-state index contributed by atoms with van der Waals surface area (Å²) in [6.45, 7) is 1.72. The molecule has 2 radical (unpaired) electrons. The van der Waals surface area contributed by atoms with Crippen LogP contribution in [0.3, 0.4) is 0 Å². The highest BCUT2D eigenvalue weighted by Crippen LogP contribution is 1.97. The summed E-state index contributed by atoms with van der Waals surface area (Å²) in [6.07, 6.45) is 0.291. The largest absolute Gasteiger partial charge is 0.358 e. The molecule has 0 aliphatic rings. The summed E-state index contributed by atoms with van der Waals surface area (Å²) in [7, 11) is 6.77. The fourth-order valence-corrected chi connectivity index (χ4v) is 0.537. The van der Waals surface area contributed by atoms with E-state index < -0.39 is 0 Å². The van der Waals surface area contributed by atoms with Crippen molar-refractivity contribution in [1.82, 2.24) is 10.6 Å². The Morgan fingerprint density at radius 3 is 2.50 bits per heavy atom. The van der Waals surface area contributed by atoms with Crippen molar-refractivity contribution in [2.75, 3.05) is 13.6 Å². The van der Waals surface area contributed by atoms with Gasteiger partial charge in [-0.1, -0.05) is 13.2 Å². The van der Waals surface area contributed by atoms with Crippen molar-refractivity contribution in [3.8, 4) is 0 Å². The van der Waals surface area contributed by atoms with Gasteiger partial charge in [0, 0.05) is 13.0 Å². The third-order valence-corrected chi connectivity index (χ3v) is 1.50. The standard InChI is InChI=1S/C7H13BN2O2/c1-5(3-8)7(12)10-4-6(11)9-2/h5H,3-4H2,1-2H3,(H,9,11)(H,10,12). The lowest BCUT2D eigenvalue weighted by Crippen LogP contribution is -2.37. The Bertz CT molecular complexity index is 173. The minimum Gasteiger partial charge on any atom is -0.358 e. The van der Waals surface area contributed by atoms with Gasteiger partial charge < -0.3 is 10.6 Å². The summed E-state index contributed by atoms with van der Waals surface area (Å²) < 4.78 is 0. The number of nitrogens with one attached hydrogen (secondary N) is 2. The molecule has 1 atom stereocenters. The molecule has 0 aliphatic carbocycles. The lowest BCUT2D eigenvalue weighted by atomic mass is 9.92. The second kappa shape index (κ2) is 5.63. The van der Waals surface area contributed by atoms with Crippen LogP contribution in [0.5, 0.6) is 0 Å². The summed E-state index contributed by atoms with van der Waals surface area (Å²) >= 11 is 0. The lowest BCUT2D eigenvalue weighted by Gasteiger charge is -2.08.